The first-order valence-electron chi connectivity index (χ1n) is 8.42. The number of nitrogens with one attached hydrogen (secondary N) is 2. The number of hydrogen-bond acceptors (Lipinski definition) is 4. The number of rotatable bonds is 6. The van der Waals surface area contributed by atoms with Crippen molar-refractivity contribution in [1.29, 1.82) is 0 Å². The van der Waals surface area contributed by atoms with E-state index in [4.69, 9.17) is 0 Å². The van der Waals surface area contributed by atoms with Crippen LogP contribution in [0.5, 0.6) is 0 Å². The quantitative estimate of drug-likeness (QED) is 0.385. The molecule has 1 fully saturated rings. The minimum Gasteiger partial charge on any atom is -0.357 e. The number of carbonyl (C=O) groups excluding carboxylic acids is 1. The number of thiazole rings is 1. The van der Waals surface area contributed by atoms with Crippen LogP contribution in [-0.4, -0.2) is 47.4 Å². The molecule has 6 nitrogen and oxygen atoms in total. The average molecular weight is 465 g/mol. The lowest BCUT2D eigenvalue weighted by atomic mass is 10.3. The molecule has 0 radical (unpaired) electrons. The Balaban J connectivity index is 0.00000288. The van der Waals surface area contributed by atoms with E-state index in [1.165, 1.54) is 4.88 Å². The molecular formula is C16H28IN5OS. The van der Waals surface area contributed by atoms with Crippen molar-refractivity contribution in [2.45, 2.75) is 52.6 Å². The van der Waals surface area contributed by atoms with E-state index in [2.05, 4.69) is 34.5 Å². The molecule has 2 heterocycles. The zero-order chi connectivity index (χ0) is 16.7. The third-order valence-corrected chi connectivity index (χ3v) is 4.98. The third kappa shape index (κ3) is 6.19. The Morgan fingerprint density at radius 1 is 1.46 bits per heavy atom. The van der Waals surface area contributed by atoms with Crippen LogP contribution in [0.25, 0.3) is 0 Å². The van der Waals surface area contributed by atoms with Crippen molar-refractivity contribution in [2.24, 2.45) is 4.99 Å². The van der Waals surface area contributed by atoms with Gasteiger partial charge in [0.25, 0.3) is 0 Å². The number of carbonyl (C=O) groups is 1. The van der Waals surface area contributed by atoms with Crippen molar-refractivity contribution in [1.82, 2.24) is 20.5 Å². The van der Waals surface area contributed by atoms with Crippen LogP contribution >= 0.6 is 35.3 Å². The fourth-order valence-corrected chi connectivity index (χ4v) is 3.36. The van der Waals surface area contributed by atoms with E-state index in [1.807, 2.05) is 18.0 Å². The molecule has 0 aliphatic carbocycles. The molecule has 136 valence electrons. The van der Waals surface area contributed by atoms with Crippen LogP contribution in [-0.2, 0) is 17.8 Å². The predicted octanol–water partition coefficient (Wildman–Crippen LogP) is 2.39. The second-order valence-electron chi connectivity index (χ2n) is 5.59. The molecule has 1 unspecified atom stereocenters. The monoisotopic (exact) mass is 465 g/mol. The first-order valence-corrected chi connectivity index (χ1v) is 9.24. The van der Waals surface area contributed by atoms with Crippen molar-refractivity contribution in [3.05, 3.63) is 16.1 Å². The topological polar surface area (TPSA) is 69.6 Å². The normalized spacial score (nSPS) is 17.5. The molecule has 0 aromatic carbocycles. The zero-order valence-electron chi connectivity index (χ0n) is 14.7. The molecule has 2 rings (SSSR count). The molecule has 1 amide bonds. The Bertz CT molecular complexity index is 548. The van der Waals surface area contributed by atoms with Crippen LogP contribution in [0.4, 0.5) is 0 Å². The summed E-state index contributed by atoms with van der Waals surface area (Å²) in [5.74, 6) is 1.03. The maximum absolute atomic E-state index is 11.8. The number of aliphatic imine (C=N–C) groups is 1. The van der Waals surface area contributed by atoms with Crippen LogP contribution in [0.2, 0.25) is 0 Å². The number of halogens is 1. The van der Waals surface area contributed by atoms with E-state index in [1.54, 1.807) is 11.3 Å². The average Bonchev–Trinajstić information content (AvgIpc) is 3.21. The Kier molecular flexibility index (Phi) is 9.57. The molecule has 1 aliphatic rings. The van der Waals surface area contributed by atoms with Gasteiger partial charge in [-0.1, -0.05) is 13.8 Å². The Labute approximate surface area is 165 Å². The van der Waals surface area contributed by atoms with Crippen LogP contribution in [0.3, 0.4) is 0 Å². The van der Waals surface area contributed by atoms with Crippen molar-refractivity contribution < 1.29 is 4.79 Å². The van der Waals surface area contributed by atoms with Crippen molar-refractivity contribution >= 4 is 47.2 Å². The molecule has 1 aromatic heterocycles. The highest BCUT2D eigenvalue weighted by molar-refractivity contribution is 14.0. The Morgan fingerprint density at radius 2 is 2.25 bits per heavy atom. The summed E-state index contributed by atoms with van der Waals surface area (Å²) in [6.07, 6.45) is 4.49. The van der Waals surface area contributed by atoms with Crippen LogP contribution in [0.1, 0.15) is 43.5 Å². The number of aromatic nitrogens is 1. The first kappa shape index (κ1) is 21.1. The van der Waals surface area contributed by atoms with Crippen molar-refractivity contribution in [3.8, 4) is 0 Å². The highest BCUT2D eigenvalue weighted by Gasteiger charge is 2.25. The van der Waals surface area contributed by atoms with E-state index in [-0.39, 0.29) is 35.9 Å². The second-order valence-corrected chi connectivity index (χ2v) is 6.79. The van der Waals surface area contributed by atoms with Gasteiger partial charge in [0.05, 0.1) is 6.54 Å². The predicted molar refractivity (Wildman–Crippen MR) is 110 cm³/mol. The van der Waals surface area contributed by atoms with Crippen molar-refractivity contribution in [3.63, 3.8) is 0 Å². The van der Waals surface area contributed by atoms with E-state index >= 15 is 0 Å². The minimum absolute atomic E-state index is 0. The molecule has 8 heteroatoms. The molecule has 0 bridgehead atoms. The third-order valence-electron chi connectivity index (χ3n) is 3.85. The lowest BCUT2D eigenvalue weighted by molar-refractivity contribution is -0.129. The highest BCUT2D eigenvalue weighted by atomic mass is 127. The van der Waals surface area contributed by atoms with Crippen LogP contribution in [0.15, 0.2) is 11.2 Å². The lowest BCUT2D eigenvalue weighted by Crippen LogP contribution is -2.45. The molecule has 0 spiro atoms. The molecule has 2 N–H and O–H groups in total. The fourth-order valence-electron chi connectivity index (χ4n) is 2.57. The number of amides is 1. The minimum atomic E-state index is 0. The van der Waals surface area contributed by atoms with E-state index in [0.29, 0.717) is 13.0 Å². The van der Waals surface area contributed by atoms with Gasteiger partial charge in [-0.25, -0.2) is 9.98 Å². The highest BCUT2D eigenvalue weighted by Crippen LogP contribution is 2.14. The zero-order valence-corrected chi connectivity index (χ0v) is 17.8. The smallest absolute Gasteiger partial charge is 0.222 e. The van der Waals surface area contributed by atoms with Gasteiger partial charge in [0, 0.05) is 43.2 Å². The Hall–Kier alpha value is -0.900. The number of guanidine groups is 1. The summed E-state index contributed by atoms with van der Waals surface area (Å²) in [6, 6.07) is 0.269. The summed E-state index contributed by atoms with van der Waals surface area (Å²) in [7, 11) is 0. The van der Waals surface area contributed by atoms with E-state index in [9.17, 15) is 4.79 Å². The molecule has 1 saturated heterocycles. The van der Waals surface area contributed by atoms with Gasteiger partial charge in [-0.3, -0.25) is 4.79 Å². The Morgan fingerprint density at radius 3 is 2.88 bits per heavy atom. The fraction of sp³-hybridized carbons (Fsp3) is 0.688. The summed E-state index contributed by atoms with van der Waals surface area (Å²) in [5.41, 5.74) is 0. The van der Waals surface area contributed by atoms with Crippen LogP contribution < -0.4 is 10.6 Å². The van der Waals surface area contributed by atoms with E-state index < -0.39 is 0 Å². The van der Waals surface area contributed by atoms with Gasteiger partial charge in [-0.15, -0.1) is 35.3 Å². The summed E-state index contributed by atoms with van der Waals surface area (Å²) >= 11 is 1.72. The van der Waals surface area contributed by atoms with Gasteiger partial charge in [0.2, 0.25) is 5.91 Å². The molecular weight excluding hydrogens is 437 g/mol. The number of aryl methyl sites for hydroxylation is 1. The van der Waals surface area contributed by atoms with Gasteiger partial charge < -0.3 is 15.5 Å². The van der Waals surface area contributed by atoms with Gasteiger partial charge in [-0.05, 0) is 19.8 Å². The van der Waals surface area contributed by atoms with Gasteiger partial charge >= 0.3 is 0 Å². The molecule has 1 atom stereocenters. The first-order chi connectivity index (χ1) is 11.2. The molecule has 1 aromatic rings. The summed E-state index contributed by atoms with van der Waals surface area (Å²) in [4.78, 5) is 24.0. The maximum atomic E-state index is 11.8. The summed E-state index contributed by atoms with van der Waals surface area (Å²) in [6.45, 7) is 9.09. The number of likely N-dealkylation sites (tertiary alicyclic amines) is 1. The van der Waals surface area contributed by atoms with Gasteiger partial charge in [-0.2, -0.15) is 0 Å². The summed E-state index contributed by atoms with van der Waals surface area (Å²) in [5, 5.41) is 7.75. The van der Waals surface area contributed by atoms with Gasteiger partial charge in [0.15, 0.2) is 5.96 Å². The largest absolute Gasteiger partial charge is 0.357 e. The molecule has 1 aliphatic heterocycles. The summed E-state index contributed by atoms with van der Waals surface area (Å²) < 4.78 is 0. The number of nitrogens with zero attached hydrogens (tertiary/aromatic N) is 3. The van der Waals surface area contributed by atoms with Crippen LogP contribution in [0, 0.1) is 0 Å². The second kappa shape index (κ2) is 10.9. The van der Waals surface area contributed by atoms with E-state index in [0.717, 1.165) is 43.4 Å². The molecule has 0 saturated carbocycles. The molecule has 24 heavy (non-hydrogen) atoms. The maximum Gasteiger partial charge on any atom is 0.222 e. The SMILES string of the molecule is CCNC(=NCc1ncc(CC)s1)NC1CCN(C(=O)CC)C1.I. The number of hydrogen-bond donors (Lipinski definition) is 2. The lowest BCUT2D eigenvalue weighted by Gasteiger charge is -2.18. The van der Waals surface area contributed by atoms with Crippen molar-refractivity contribution in [2.75, 3.05) is 19.6 Å². The standard InChI is InChI=1S/C16H27N5OS.HI/c1-4-13-9-18-14(23-13)10-19-16(17-6-3)20-12-7-8-21(11-12)15(22)5-2;/h9,12H,4-8,10-11H2,1-3H3,(H2,17,19,20);1H. The van der Waals surface area contributed by atoms with Gasteiger partial charge in [0.1, 0.15) is 5.01 Å².